The van der Waals surface area contributed by atoms with Crippen molar-refractivity contribution in [2.45, 2.75) is 31.0 Å². The van der Waals surface area contributed by atoms with Gasteiger partial charge in [-0.2, -0.15) is 5.26 Å². The van der Waals surface area contributed by atoms with Crippen LogP contribution in [-0.4, -0.2) is 16.1 Å². The molecular formula is C17H15Cl2N3OS. The second-order valence-corrected chi connectivity index (χ2v) is 7.34. The summed E-state index contributed by atoms with van der Waals surface area (Å²) < 4.78 is 0. The van der Waals surface area contributed by atoms with Crippen molar-refractivity contribution in [3.8, 4) is 6.07 Å². The van der Waals surface area contributed by atoms with Gasteiger partial charge in [0, 0.05) is 5.69 Å². The minimum atomic E-state index is -0.458. The molecule has 1 amide bonds. The Balaban J connectivity index is 2.18. The summed E-state index contributed by atoms with van der Waals surface area (Å²) in [5.74, 6) is -0.242. The molecule has 1 atom stereocenters. The summed E-state index contributed by atoms with van der Waals surface area (Å²) in [7, 11) is 0. The van der Waals surface area contributed by atoms with E-state index in [1.54, 1.807) is 25.1 Å². The number of carbonyl (C=O) groups excluding carboxylic acids is 1. The highest BCUT2D eigenvalue weighted by Crippen LogP contribution is 2.31. The van der Waals surface area contributed by atoms with E-state index >= 15 is 0 Å². The molecular weight excluding hydrogens is 365 g/mol. The van der Waals surface area contributed by atoms with Crippen molar-refractivity contribution < 1.29 is 4.79 Å². The van der Waals surface area contributed by atoms with E-state index in [1.807, 2.05) is 19.9 Å². The third-order valence-corrected chi connectivity index (χ3v) is 5.20. The zero-order valence-electron chi connectivity index (χ0n) is 13.4. The zero-order chi connectivity index (χ0) is 17.9. The van der Waals surface area contributed by atoms with E-state index in [1.165, 1.54) is 11.8 Å². The lowest BCUT2D eigenvalue weighted by molar-refractivity contribution is -0.115. The molecule has 0 bridgehead atoms. The number of hydrogen-bond acceptors (Lipinski definition) is 4. The largest absolute Gasteiger partial charge is 0.324 e. The minimum Gasteiger partial charge on any atom is -0.324 e. The van der Waals surface area contributed by atoms with E-state index < -0.39 is 5.25 Å². The molecule has 0 spiro atoms. The Morgan fingerprint density at radius 2 is 2.08 bits per heavy atom. The first-order valence-corrected chi connectivity index (χ1v) is 8.77. The second kappa shape index (κ2) is 7.89. The number of carbonyl (C=O) groups is 1. The molecule has 0 radical (unpaired) electrons. The summed E-state index contributed by atoms with van der Waals surface area (Å²) in [6.45, 7) is 5.46. The maximum absolute atomic E-state index is 12.4. The quantitative estimate of drug-likeness (QED) is 0.759. The Bertz CT molecular complexity index is 833. The molecule has 4 nitrogen and oxygen atoms in total. The number of rotatable bonds is 4. The molecule has 2 aromatic rings. The summed E-state index contributed by atoms with van der Waals surface area (Å²) in [6.07, 6.45) is 0. The molecule has 1 aromatic carbocycles. The van der Waals surface area contributed by atoms with Crippen molar-refractivity contribution in [2.24, 2.45) is 0 Å². The van der Waals surface area contributed by atoms with E-state index in [-0.39, 0.29) is 5.91 Å². The third kappa shape index (κ3) is 4.21. The highest BCUT2D eigenvalue weighted by atomic mass is 35.5. The van der Waals surface area contributed by atoms with Gasteiger partial charge >= 0.3 is 0 Å². The van der Waals surface area contributed by atoms with Gasteiger partial charge < -0.3 is 5.32 Å². The smallest absolute Gasteiger partial charge is 0.237 e. The third-order valence-electron chi connectivity index (χ3n) is 3.29. The summed E-state index contributed by atoms with van der Waals surface area (Å²) >= 11 is 13.3. The van der Waals surface area contributed by atoms with Crippen molar-refractivity contribution in [3.05, 3.63) is 51.1 Å². The fourth-order valence-electron chi connectivity index (χ4n) is 2.08. The Labute approximate surface area is 155 Å². The lowest BCUT2D eigenvalue weighted by Crippen LogP contribution is -2.23. The van der Waals surface area contributed by atoms with Crippen LogP contribution in [0.25, 0.3) is 0 Å². The number of nitrogens with zero attached hydrogens (tertiary/aromatic N) is 2. The van der Waals surface area contributed by atoms with Crippen LogP contribution in [0.5, 0.6) is 0 Å². The van der Waals surface area contributed by atoms with Crippen LogP contribution in [0, 0.1) is 25.2 Å². The lowest BCUT2D eigenvalue weighted by atomic mass is 10.1. The zero-order valence-corrected chi connectivity index (χ0v) is 15.7. The van der Waals surface area contributed by atoms with Crippen LogP contribution in [0.15, 0.2) is 29.3 Å². The number of benzene rings is 1. The molecule has 24 heavy (non-hydrogen) atoms. The van der Waals surface area contributed by atoms with E-state index in [0.29, 0.717) is 26.3 Å². The fourth-order valence-corrected chi connectivity index (χ4v) is 3.45. The van der Waals surface area contributed by atoms with Crippen molar-refractivity contribution >= 4 is 46.6 Å². The van der Waals surface area contributed by atoms with E-state index in [2.05, 4.69) is 16.4 Å². The highest BCUT2D eigenvalue weighted by Gasteiger charge is 2.20. The van der Waals surface area contributed by atoms with E-state index in [0.717, 1.165) is 11.3 Å². The molecule has 0 aliphatic heterocycles. The number of halogens is 2. The molecule has 0 saturated carbocycles. The topological polar surface area (TPSA) is 65.8 Å². The van der Waals surface area contributed by atoms with Gasteiger partial charge in [-0.3, -0.25) is 4.79 Å². The Kier molecular flexibility index (Phi) is 6.11. The van der Waals surface area contributed by atoms with Gasteiger partial charge in [-0.15, -0.1) is 0 Å². The summed E-state index contributed by atoms with van der Waals surface area (Å²) in [5.41, 5.74) is 2.60. The lowest BCUT2D eigenvalue weighted by Gasteiger charge is -2.14. The van der Waals surface area contributed by atoms with E-state index in [4.69, 9.17) is 23.2 Å². The van der Waals surface area contributed by atoms with Gasteiger partial charge in [-0.1, -0.05) is 41.0 Å². The number of hydrogen-bond donors (Lipinski definition) is 1. The number of amides is 1. The molecule has 7 heteroatoms. The fraction of sp³-hybridized carbons (Fsp3) is 0.235. The number of thioether (sulfide) groups is 1. The number of aryl methyl sites for hydroxylation is 2. The van der Waals surface area contributed by atoms with Crippen LogP contribution >= 0.6 is 35.0 Å². The van der Waals surface area contributed by atoms with Crippen LogP contribution in [0.3, 0.4) is 0 Å². The highest BCUT2D eigenvalue weighted by molar-refractivity contribution is 8.00. The maximum Gasteiger partial charge on any atom is 0.237 e. The van der Waals surface area contributed by atoms with Crippen LogP contribution in [0.1, 0.15) is 23.7 Å². The normalized spacial score (nSPS) is 11.7. The van der Waals surface area contributed by atoms with Crippen molar-refractivity contribution in [2.75, 3.05) is 5.32 Å². The second-order valence-electron chi connectivity index (χ2n) is 5.22. The molecule has 0 fully saturated rings. The number of anilines is 1. The van der Waals surface area contributed by atoms with E-state index in [9.17, 15) is 10.1 Å². The number of nitrogens with one attached hydrogen (secondary N) is 1. The number of aromatic nitrogens is 1. The maximum atomic E-state index is 12.4. The first-order valence-electron chi connectivity index (χ1n) is 7.13. The standard InChI is InChI=1S/C17H15Cl2N3OS/c1-9-7-10(2)21-17(12(9)8-20)24-11(3)16(23)22-14-6-4-5-13(18)15(14)19/h4-7,11H,1-3H3,(H,22,23)/t11-/m1/s1. The monoisotopic (exact) mass is 379 g/mol. The Morgan fingerprint density at radius 3 is 2.75 bits per heavy atom. The van der Waals surface area contributed by atoms with Gasteiger partial charge in [-0.25, -0.2) is 4.98 Å². The number of pyridine rings is 1. The first-order chi connectivity index (χ1) is 11.3. The van der Waals surface area contributed by atoms with Gasteiger partial charge in [-0.05, 0) is 44.5 Å². The van der Waals surface area contributed by atoms with Gasteiger partial charge in [0.1, 0.15) is 11.1 Å². The van der Waals surface area contributed by atoms with Crippen LogP contribution in [-0.2, 0) is 4.79 Å². The average molecular weight is 380 g/mol. The molecule has 1 N–H and O–H groups in total. The van der Waals surface area contributed by atoms with Gasteiger partial charge in [0.15, 0.2) is 0 Å². The van der Waals surface area contributed by atoms with Crippen LogP contribution in [0.2, 0.25) is 10.0 Å². The summed E-state index contributed by atoms with van der Waals surface area (Å²) in [4.78, 5) is 16.8. The molecule has 0 unspecified atom stereocenters. The van der Waals surface area contributed by atoms with Crippen molar-refractivity contribution in [1.82, 2.24) is 4.98 Å². The molecule has 0 aliphatic rings. The molecule has 124 valence electrons. The van der Waals surface area contributed by atoms with Crippen molar-refractivity contribution in [3.63, 3.8) is 0 Å². The Hall–Kier alpha value is -1.74. The van der Waals surface area contributed by atoms with Gasteiger partial charge in [0.25, 0.3) is 0 Å². The van der Waals surface area contributed by atoms with Crippen LogP contribution in [0.4, 0.5) is 5.69 Å². The summed E-state index contributed by atoms with van der Waals surface area (Å²) in [6, 6.07) is 9.03. The average Bonchev–Trinajstić information content (AvgIpc) is 2.51. The molecule has 1 aromatic heterocycles. The van der Waals surface area contributed by atoms with Gasteiger partial charge in [0.05, 0.1) is 26.5 Å². The molecule has 1 heterocycles. The number of nitriles is 1. The molecule has 2 rings (SSSR count). The predicted molar refractivity (Wildman–Crippen MR) is 98.8 cm³/mol. The SMILES string of the molecule is Cc1cc(C)c(C#N)c(S[C@H](C)C(=O)Nc2cccc(Cl)c2Cl)n1. The van der Waals surface area contributed by atoms with Gasteiger partial charge in [0.2, 0.25) is 5.91 Å². The Morgan fingerprint density at radius 1 is 1.38 bits per heavy atom. The first kappa shape index (κ1) is 18.6. The molecule has 0 aliphatic carbocycles. The minimum absolute atomic E-state index is 0.242. The van der Waals surface area contributed by atoms with Crippen molar-refractivity contribution in [1.29, 1.82) is 5.26 Å². The predicted octanol–water partition coefficient (Wildman–Crippen LogP) is 5.00. The molecule has 0 saturated heterocycles. The van der Waals surface area contributed by atoms with Crippen LogP contribution < -0.4 is 5.32 Å². The summed E-state index contributed by atoms with van der Waals surface area (Å²) in [5, 5.41) is 12.8.